The van der Waals surface area contributed by atoms with Crippen LogP contribution in [0.3, 0.4) is 0 Å². The van der Waals surface area contributed by atoms with Gasteiger partial charge in [-0.1, -0.05) is 31.2 Å². The number of carbonyl (C=O) groups excluding carboxylic acids is 2. The third-order valence-electron chi connectivity index (χ3n) is 4.90. The van der Waals surface area contributed by atoms with E-state index in [-0.39, 0.29) is 23.1 Å². The van der Waals surface area contributed by atoms with Gasteiger partial charge < -0.3 is 5.32 Å². The molecule has 0 unspecified atom stereocenters. The van der Waals surface area contributed by atoms with Gasteiger partial charge in [-0.15, -0.1) is 11.8 Å². The number of aryl methyl sites for hydroxylation is 1. The van der Waals surface area contributed by atoms with E-state index in [4.69, 9.17) is 0 Å². The third kappa shape index (κ3) is 3.49. The van der Waals surface area contributed by atoms with Gasteiger partial charge in [-0.3, -0.25) is 14.5 Å². The Balaban J connectivity index is 1.53. The summed E-state index contributed by atoms with van der Waals surface area (Å²) in [6, 6.07) is 16.1. The molecule has 2 aromatic carbocycles. The largest absolute Gasteiger partial charge is 0.326 e. The van der Waals surface area contributed by atoms with Gasteiger partial charge in [0.2, 0.25) is 11.8 Å². The second-order valence-electron chi connectivity index (χ2n) is 6.83. The Labute approximate surface area is 158 Å². The van der Waals surface area contributed by atoms with Gasteiger partial charge in [-0.2, -0.15) is 0 Å². The SMILES string of the molecule is CCc1ccc(N2C(=O)CS[C@@H]2c2ccc(NC(=O)C3CC3)cc2)cc1. The number of nitrogens with zero attached hydrogens (tertiary/aromatic N) is 1. The molecule has 5 heteroatoms. The van der Waals surface area contributed by atoms with Gasteiger partial charge in [0.25, 0.3) is 0 Å². The molecule has 1 aliphatic heterocycles. The molecule has 0 aromatic heterocycles. The number of rotatable bonds is 5. The summed E-state index contributed by atoms with van der Waals surface area (Å²) in [5.74, 6) is 0.927. The van der Waals surface area contributed by atoms with Crippen molar-refractivity contribution in [2.24, 2.45) is 5.92 Å². The fourth-order valence-corrected chi connectivity index (χ4v) is 4.34. The molecule has 0 radical (unpaired) electrons. The Kier molecular flexibility index (Phi) is 4.72. The van der Waals surface area contributed by atoms with Gasteiger partial charge in [0.15, 0.2) is 0 Å². The fraction of sp³-hybridized carbons (Fsp3) is 0.333. The first-order valence-corrected chi connectivity index (χ1v) is 10.1. The summed E-state index contributed by atoms with van der Waals surface area (Å²) in [4.78, 5) is 26.2. The molecule has 1 saturated carbocycles. The number of carbonyl (C=O) groups is 2. The summed E-state index contributed by atoms with van der Waals surface area (Å²) in [5.41, 5.74) is 4.09. The van der Waals surface area contributed by atoms with E-state index < -0.39 is 0 Å². The highest BCUT2D eigenvalue weighted by molar-refractivity contribution is 8.00. The Bertz CT molecular complexity index is 813. The first kappa shape index (κ1) is 17.2. The van der Waals surface area contributed by atoms with E-state index in [9.17, 15) is 9.59 Å². The lowest BCUT2D eigenvalue weighted by Crippen LogP contribution is -2.27. The molecule has 134 valence electrons. The van der Waals surface area contributed by atoms with Crippen LogP contribution in [0.5, 0.6) is 0 Å². The fourth-order valence-electron chi connectivity index (χ4n) is 3.16. The lowest BCUT2D eigenvalue weighted by Gasteiger charge is -2.24. The predicted octanol–water partition coefficient (Wildman–Crippen LogP) is 4.38. The summed E-state index contributed by atoms with van der Waals surface area (Å²) in [6.45, 7) is 2.12. The molecule has 2 aliphatic rings. The minimum atomic E-state index is -0.0249. The maximum absolute atomic E-state index is 12.5. The van der Waals surface area contributed by atoms with Gasteiger partial charge in [0, 0.05) is 17.3 Å². The number of thioether (sulfide) groups is 1. The summed E-state index contributed by atoms with van der Waals surface area (Å²) >= 11 is 1.64. The molecular formula is C21H22N2O2S. The van der Waals surface area contributed by atoms with Gasteiger partial charge in [-0.25, -0.2) is 0 Å². The number of amides is 2. The maximum Gasteiger partial charge on any atom is 0.238 e. The van der Waals surface area contributed by atoms with E-state index >= 15 is 0 Å². The van der Waals surface area contributed by atoms with E-state index in [1.807, 2.05) is 41.3 Å². The monoisotopic (exact) mass is 366 g/mol. The smallest absolute Gasteiger partial charge is 0.238 e. The molecule has 2 amide bonds. The van der Waals surface area contributed by atoms with Crippen LogP contribution in [-0.4, -0.2) is 17.6 Å². The van der Waals surface area contributed by atoms with Crippen LogP contribution < -0.4 is 10.2 Å². The van der Waals surface area contributed by atoms with Gasteiger partial charge >= 0.3 is 0 Å². The average Bonchev–Trinajstić information content (AvgIpc) is 3.45. The van der Waals surface area contributed by atoms with Crippen LogP contribution in [0.25, 0.3) is 0 Å². The van der Waals surface area contributed by atoms with Crippen molar-refractivity contribution < 1.29 is 9.59 Å². The van der Waals surface area contributed by atoms with Gasteiger partial charge in [-0.05, 0) is 54.7 Å². The first-order valence-electron chi connectivity index (χ1n) is 9.09. The molecule has 26 heavy (non-hydrogen) atoms. The predicted molar refractivity (Wildman–Crippen MR) is 106 cm³/mol. The van der Waals surface area contributed by atoms with Crippen LogP contribution in [0.1, 0.15) is 36.3 Å². The van der Waals surface area contributed by atoms with Crippen molar-refractivity contribution in [2.45, 2.75) is 31.6 Å². The second kappa shape index (κ2) is 7.16. The molecule has 1 saturated heterocycles. The van der Waals surface area contributed by atoms with E-state index in [0.717, 1.165) is 36.2 Å². The molecule has 0 spiro atoms. The van der Waals surface area contributed by atoms with Crippen molar-refractivity contribution >= 4 is 35.0 Å². The molecule has 0 bridgehead atoms. The quantitative estimate of drug-likeness (QED) is 0.854. The maximum atomic E-state index is 12.5. The summed E-state index contributed by atoms with van der Waals surface area (Å²) in [6.07, 6.45) is 2.98. The molecule has 1 N–H and O–H groups in total. The van der Waals surface area contributed by atoms with Crippen molar-refractivity contribution in [3.05, 3.63) is 59.7 Å². The number of benzene rings is 2. The molecule has 4 rings (SSSR count). The topological polar surface area (TPSA) is 49.4 Å². The van der Waals surface area contributed by atoms with Crippen molar-refractivity contribution in [3.8, 4) is 0 Å². The van der Waals surface area contributed by atoms with E-state index in [0.29, 0.717) is 5.75 Å². The minimum Gasteiger partial charge on any atom is -0.326 e. The van der Waals surface area contributed by atoms with E-state index in [1.54, 1.807) is 11.8 Å². The first-order chi connectivity index (χ1) is 12.7. The Hall–Kier alpha value is -2.27. The third-order valence-corrected chi connectivity index (χ3v) is 6.11. The highest BCUT2D eigenvalue weighted by Crippen LogP contribution is 2.42. The van der Waals surface area contributed by atoms with Crippen LogP contribution in [0, 0.1) is 5.92 Å². The minimum absolute atomic E-state index is 0.0249. The average molecular weight is 366 g/mol. The van der Waals surface area contributed by atoms with Crippen molar-refractivity contribution in [3.63, 3.8) is 0 Å². The summed E-state index contributed by atoms with van der Waals surface area (Å²) in [7, 11) is 0. The number of anilines is 2. The summed E-state index contributed by atoms with van der Waals surface area (Å²) in [5, 5.41) is 2.93. The molecule has 1 atom stereocenters. The number of hydrogen-bond donors (Lipinski definition) is 1. The summed E-state index contributed by atoms with van der Waals surface area (Å²) < 4.78 is 0. The zero-order valence-corrected chi connectivity index (χ0v) is 15.6. The normalized spacial score (nSPS) is 19.7. The Morgan fingerprint density at radius 3 is 2.42 bits per heavy atom. The lowest BCUT2D eigenvalue weighted by molar-refractivity contribution is -0.117. The van der Waals surface area contributed by atoms with Crippen LogP contribution in [0.2, 0.25) is 0 Å². The Morgan fingerprint density at radius 1 is 1.12 bits per heavy atom. The number of nitrogens with one attached hydrogen (secondary N) is 1. The molecule has 2 fully saturated rings. The van der Waals surface area contributed by atoms with Crippen LogP contribution in [0.15, 0.2) is 48.5 Å². The van der Waals surface area contributed by atoms with Crippen LogP contribution in [0.4, 0.5) is 11.4 Å². The van der Waals surface area contributed by atoms with Crippen molar-refractivity contribution in [1.29, 1.82) is 0 Å². The van der Waals surface area contributed by atoms with Crippen LogP contribution in [-0.2, 0) is 16.0 Å². The van der Waals surface area contributed by atoms with Gasteiger partial charge in [0.05, 0.1) is 5.75 Å². The second-order valence-corrected chi connectivity index (χ2v) is 7.90. The highest BCUT2D eigenvalue weighted by Gasteiger charge is 2.34. The standard InChI is InChI=1S/C21H22N2O2S/c1-2-14-3-11-18(12-4-14)23-19(24)13-26-21(23)16-7-9-17(10-8-16)22-20(25)15-5-6-15/h3-4,7-12,15,21H,2,5-6,13H2,1H3,(H,22,25)/t21-/m1/s1. The van der Waals surface area contributed by atoms with Crippen molar-refractivity contribution in [2.75, 3.05) is 16.0 Å². The van der Waals surface area contributed by atoms with E-state index in [1.165, 1.54) is 5.56 Å². The molecule has 1 aliphatic carbocycles. The zero-order chi connectivity index (χ0) is 18.1. The Morgan fingerprint density at radius 2 is 1.81 bits per heavy atom. The van der Waals surface area contributed by atoms with Crippen LogP contribution >= 0.6 is 11.8 Å². The molecule has 1 heterocycles. The highest BCUT2D eigenvalue weighted by atomic mass is 32.2. The lowest BCUT2D eigenvalue weighted by atomic mass is 10.1. The van der Waals surface area contributed by atoms with Crippen molar-refractivity contribution in [1.82, 2.24) is 0 Å². The van der Waals surface area contributed by atoms with E-state index in [2.05, 4.69) is 24.4 Å². The zero-order valence-electron chi connectivity index (χ0n) is 14.8. The number of hydrogen-bond acceptors (Lipinski definition) is 3. The molecule has 2 aromatic rings. The van der Waals surface area contributed by atoms with Gasteiger partial charge in [0.1, 0.15) is 5.37 Å². The molecular weight excluding hydrogens is 344 g/mol. The molecule has 4 nitrogen and oxygen atoms in total.